The maximum Gasteiger partial charge on any atom is 0.222 e. The van der Waals surface area contributed by atoms with Crippen molar-refractivity contribution in [3.05, 3.63) is 41.2 Å². The van der Waals surface area contributed by atoms with Crippen LogP contribution >= 0.6 is 0 Å². The molecule has 1 heterocycles. The number of aromatic nitrogens is 2. The van der Waals surface area contributed by atoms with E-state index < -0.39 is 0 Å². The van der Waals surface area contributed by atoms with Gasteiger partial charge in [-0.25, -0.2) is 0 Å². The van der Waals surface area contributed by atoms with E-state index in [1.165, 1.54) is 0 Å². The van der Waals surface area contributed by atoms with Crippen LogP contribution in [0.3, 0.4) is 0 Å². The van der Waals surface area contributed by atoms with Gasteiger partial charge in [0.05, 0.1) is 26.0 Å². The summed E-state index contributed by atoms with van der Waals surface area (Å²) in [5, 5.41) is 7.41. The lowest BCUT2D eigenvalue weighted by molar-refractivity contribution is -0.121. The van der Waals surface area contributed by atoms with Crippen molar-refractivity contribution >= 4 is 5.91 Å². The monoisotopic (exact) mass is 345 g/mol. The van der Waals surface area contributed by atoms with Crippen molar-refractivity contribution in [2.75, 3.05) is 20.8 Å². The summed E-state index contributed by atoms with van der Waals surface area (Å²) in [6, 6.07) is 7.84. The number of nitrogens with one attached hydrogen (secondary N) is 1. The molecule has 1 N–H and O–H groups in total. The number of methoxy groups -OCH3 is 2. The molecule has 2 rings (SSSR count). The molecule has 25 heavy (non-hydrogen) atoms. The first-order valence-corrected chi connectivity index (χ1v) is 8.45. The number of carbonyl (C=O) groups excluding carboxylic acids is 1. The zero-order valence-electron chi connectivity index (χ0n) is 15.6. The van der Waals surface area contributed by atoms with E-state index in [2.05, 4.69) is 10.4 Å². The van der Waals surface area contributed by atoms with Crippen LogP contribution in [0.5, 0.6) is 11.5 Å². The molecule has 0 aliphatic carbocycles. The summed E-state index contributed by atoms with van der Waals surface area (Å²) in [4.78, 5) is 12.2. The molecule has 0 aliphatic heterocycles. The summed E-state index contributed by atoms with van der Waals surface area (Å²) in [7, 11) is 3.23. The van der Waals surface area contributed by atoms with Crippen molar-refractivity contribution < 1.29 is 14.3 Å². The maximum atomic E-state index is 12.2. The fourth-order valence-corrected chi connectivity index (χ4v) is 2.90. The molecule has 136 valence electrons. The molecule has 0 saturated carbocycles. The highest BCUT2D eigenvalue weighted by Gasteiger charge is 2.13. The minimum Gasteiger partial charge on any atom is -0.493 e. The van der Waals surface area contributed by atoms with Crippen LogP contribution in [0.15, 0.2) is 24.3 Å². The number of amides is 1. The van der Waals surface area contributed by atoms with Crippen LogP contribution in [-0.4, -0.2) is 36.5 Å². The van der Waals surface area contributed by atoms with Crippen molar-refractivity contribution in [3.63, 3.8) is 0 Å². The standard InChI is InChI=1S/C19H27N3O3/c1-13-10-14(2)22(21-13)15(3)11-19(23)20-9-8-16-6-7-17(24-4)18(12-16)25-5/h6-7,10,12,15H,8-9,11H2,1-5H3,(H,20,23). The van der Waals surface area contributed by atoms with Gasteiger partial charge in [0, 0.05) is 18.7 Å². The van der Waals surface area contributed by atoms with E-state index in [1.807, 2.05) is 49.7 Å². The first kappa shape index (κ1) is 18.8. The average molecular weight is 345 g/mol. The Labute approximate surface area is 149 Å². The van der Waals surface area contributed by atoms with Gasteiger partial charge in [-0.2, -0.15) is 5.10 Å². The van der Waals surface area contributed by atoms with Gasteiger partial charge in [0.25, 0.3) is 0 Å². The lowest BCUT2D eigenvalue weighted by Gasteiger charge is -2.14. The Morgan fingerprint density at radius 3 is 2.52 bits per heavy atom. The van der Waals surface area contributed by atoms with Gasteiger partial charge < -0.3 is 14.8 Å². The van der Waals surface area contributed by atoms with Crippen LogP contribution < -0.4 is 14.8 Å². The third-order valence-electron chi connectivity index (χ3n) is 4.13. The first-order valence-electron chi connectivity index (χ1n) is 8.45. The molecule has 0 saturated heterocycles. The maximum absolute atomic E-state index is 12.2. The molecule has 0 spiro atoms. The second-order valence-corrected chi connectivity index (χ2v) is 6.21. The van der Waals surface area contributed by atoms with E-state index in [4.69, 9.17) is 9.47 Å². The smallest absolute Gasteiger partial charge is 0.222 e. The van der Waals surface area contributed by atoms with E-state index in [0.717, 1.165) is 23.4 Å². The molecule has 2 aromatic rings. The number of aryl methyl sites for hydroxylation is 2. The van der Waals surface area contributed by atoms with Crippen molar-refractivity contribution in [2.24, 2.45) is 0 Å². The van der Waals surface area contributed by atoms with Gasteiger partial charge in [0.15, 0.2) is 11.5 Å². The molecule has 6 heteroatoms. The normalized spacial score (nSPS) is 11.9. The summed E-state index contributed by atoms with van der Waals surface area (Å²) >= 11 is 0. The largest absolute Gasteiger partial charge is 0.493 e. The molecule has 1 atom stereocenters. The van der Waals surface area contributed by atoms with Crippen LogP contribution in [0.25, 0.3) is 0 Å². The fourth-order valence-electron chi connectivity index (χ4n) is 2.90. The molecule has 0 radical (unpaired) electrons. The van der Waals surface area contributed by atoms with Crippen molar-refractivity contribution in [2.45, 2.75) is 39.7 Å². The minimum atomic E-state index is 0.0283. The second kappa shape index (κ2) is 8.55. The molecule has 1 aromatic carbocycles. The highest BCUT2D eigenvalue weighted by molar-refractivity contribution is 5.76. The van der Waals surface area contributed by atoms with Gasteiger partial charge in [0.1, 0.15) is 0 Å². The number of rotatable bonds is 8. The average Bonchev–Trinajstić information content (AvgIpc) is 2.93. The van der Waals surface area contributed by atoms with Crippen LogP contribution in [0.4, 0.5) is 0 Å². The SMILES string of the molecule is COc1ccc(CCNC(=O)CC(C)n2nc(C)cc2C)cc1OC. The van der Waals surface area contributed by atoms with Crippen LogP contribution in [0.2, 0.25) is 0 Å². The number of benzene rings is 1. The molecule has 0 aliphatic rings. The topological polar surface area (TPSA) is 65.4 Å². The highest BCUT2D eigenvalue weighted by atomic mass is 16.5. The van der Waals surface area contributed by atoms with E-state index in [9.17, 15) is 4.79 Å². The molecule has 6 nitrogen and oxygen atoms in total. The predicted octanol–water partition coefficient (Wildman–Crippen LogP) is 2.83. The van der Waals surface area contributed by atoms with E-state index >= 15 is 0 Å². The highest BCUT2D eigenvalue weighted by Crippen LogP contribution is 2.27. The Kier molecular flexibility index (Phi) is 6.44. The lowest BCUT2D eigenvalue weighted by atomic mass is 10.1. The summed E-state index contributed by atoms with van der Waals surface area (Å²) in [5.74, 6) is 1.43. The number of carbonyl (C=O) groups is 1. The molecule has 0 fully saturated rings. The Balaban J connectivity index is 1.83. The van der Waals surface area contributed by atoms with Crippen LogP contribution in [-0.2, 0) is 11.2 Å². The fraction of sp³-hybridized carbons (Fsp3) is 0.474. The van der Waals surface area contributed by atoms with Gasteiger partial charge in [-0.3, -0.25) is 9.48 Å². The van der Waals surface area contributed by atoms with Crippen molar-refractivity contribution in [1.82, 2.24) is 15.1 Å². The van der Waals surface area contributed by atoms with Gasteiger partial charge in [-0.1, -0.05) is 6.07 Å². The van der Waals surface area contributed by atoms with Gasteiger partial charge in [0.2, 0.25) is 5.91 Å². The number of nitrogens with zero attached hydrogens (tertiary/aromatic N) is 2. The van der Waals surface area contributed by atoms with Crippen molar-refractivity contribution in [1.29, 1.82) is 0 Å². The van der Waals surface area contributed by atoms with Gasteiger partial charge in [-0.05, 0) is 51.0 Å². The first-order chi connectivity index (χ1) is 11.9. The molecular weight excluding hydrogens is 318 g/mol. The van der Waals surface area contributed by atoms with Crippen molar-refractivity contribution in [3.8, 4) is 11.5 Å². The summed E-state index contributed by atoms with van der Waals surface area (Å²) in [5.41, 5.74) is 3.13. The van der Waals surface area contributed by atoms with E-state index in [1.54, 1.807) is 14.2 Å². The number of hydrogen-bond acceptors (Lipinski definition) is 4. The Morgan fingerprint density at radius 1 is 1.20 bits per heavy atom. The zero-order valence-corrected chi connectivity index (χ0v) is 15.6. The van der Waals surface area contributed by atoms with Gasteiger partial charge in [-0.15, -0.1) is 0 Å². The molecule has 0 bridgehead atoms. The zero-order chi connectivity index (χ0) is 18.4. The quantitative estimate of drug-likeness (QED) is 0.799. The number of ether oxygens (including phenoxy) is 2. The minimum absolute atomic E-state index is 0.0283. The lowest BCUT2D eigenvalue weighted by Crippen LogP contribution is -2.28. The Bertz CT molecular complexity index is 725. The van der Waals surface area contributed by atoms with Crippen LogP contribution in [0, 0.1) is 13.8 Å². The Morgan fingerprint density at radius 2 is 1.92 bits per heavy atom. The molecule has 1 unspecified atom stereocenters. The van der Waals surface area contributed by atoms with Crippen LogP contribution in [0.1, 0.15) is 36.3 Å². The summed E-state index contributed by atoms with van der Waals surface area (Å²) in [6.45, 7) is 6.55. The molecular formula is C19H27N3O3. The third kappa shape index (κ3) is 4.98. The third-order valence-corrected chi connectivity index (χ3v) is 4.13. The predicted molar refractivity (Wildman–Crippen MR) is 97.3 cm³/mol. The Hall–Kier alpha value is -2.50. The second-order valence-electron chi connectivity index (χ2n) is 6.21. The van der Waals surface area contributed by atoms with E-state index in [-0.39, 0.29) is 11.9 Å². The molecule has 1 amide bonds. The van der Waals surface area contributed by atoms with E-state index in [0.29, 0.717) is 24.5 Å². The summed E-state index contributed by atoms with van der Waals surface area (Å²) in [6.07, 6.45) is 1.15. The number of hydrogen-bond donors (Lipinski definition) is 1. The molecule has 1 aromatic heterocycles. The summed E-state index contributed by atoms with van der Waals surface area (Å²) < 4.78 is 12.4. The van der Waals surface area contributed by atoms with Gasteiger partial charge >= 0.3 is 0 Å².